The third-order valence-corrected chi connectivity index (χ3v) is 2.66. The number of halogens is 1. The Morgan fingerprint density at radius 3 is 2.67 bits per heavy atom. The van der Waals surface area contributed by atoms with E-state index in [0.29, 0.717) is 22.0 Å². The summed E-state index contributed by atoms with van der Waals surface area (Å²) in [5, 5.41) is 6.98. The molecular formula is C14H16ClN3O3. The summed E-state index contributed by atoms with van der Waals surface area (Å²) in [6, 6.07) is 6.52. The number of hydrogen-bond acceptors (Lipinski definition) is 5. The Kier molecular flexibility index (Phi) is 4.09. The number of benzene rings is 1. The fourth-order valence-electron chi connectivity index (χ4n) is 1.67. The summed E-state index contributed by atoms with van der Waals surface area (Å²) in [5.74, 6) is 0.174. The molecule has 0 fully saturated rings. The van der Waals surface area contributed by atoms with E-state index in [1.807, 2.05) is 0 Å². The van der Waals surface area contributed by atoms with Gasteiger partial charge in [-0.05, 0) is 39.0 Å². The lowest BCUT2D eigenvalue weighted by Crippen LogP contribution is -2.27. The number of nitrogens with two attached hydrogens (primary N) is 1. The number of nitrogens with one attached hydrogen (secondary N) is 1. The van der Waals surface area contributed by atoms with Crippen molar-refractivity contribution in [2.24, 2.45) is 0 Å². The Labute approximate surface area is 127 Å². The Balaban J connectivity index is 2.30. The van der Waals surface area contributed by atoms with Gasteiger partial charge in [0, 0.05) is 16.7 Å². The van der Waals surface area contributed by atoms with Crippen LogP contribution in [0.25, 0.3) is 11.3 Å². The van der Waals surface area contributed by atoms with Crippen molar-refractivity contribution < 1.29 is 14.1 Å². The van der Waals surface area contributed by atoms with E-state index in [9.17, 15) is 4.79 Å². The fraction of sp³-hybridized carbons (Fsp3) is 0.286. The molecule has 2 rings (SSSR count). The standard InChI is InChI=1S/C14H16ClN3O3/c1-14(2,3)20-13(19)17-10-5-4-8(15)6-9(10)11-7-12(16)21-18-11/h4-7H,16H2,1-3H3,(H,17,19). The third kappa shape index (κ3) is 4.13. The molecular weight excluding hydrogens is 294 g/mol. The Bertz CT molecular complexity index is 662. The van der Waals surface area contributed by atoms with Gasteiger partial charge in [-0.2, -0.15) is 0 Å². The van der Waals surface area contributed by atoms with Crippen molar-refractivity contribution in [3.63, 3.8) is 0 Å². The van der Waals surface area contributed by atoms with Crippen LogP contribution in [0.15, 0.2) is 28.8 Å². The summed E-state index contributed by atoms with van der Waals surface area (Å²) in [4.78, 5) is 11.9. The van der Waals surface area contributed by atoms with Crippen LogP contribution in [0.3, 0.4) is 0 Å². The first kappa shape index (κ1) is 15.2. The van der Waals surface area contributed by atoms with Crippen molar-refractivity contribution in [2.75, 3.05) is 11.1 Å². The molecule has 0 bridgehead atoms. The van der Waals surface area contributed by atoms with Crippen LogP contribution >= 0.6 is 11.6 Å². The van der Waals surface area contributed by atoms with Crippen LogP contribution < -0.4 is 11.1 Å². The summed E-state index contributed by atoms with van der Waals surface area (Å²) < 4.78 is 10.1. The normalized spacial score (nSPS) is 11.2. The summed E-state index contributed by atoms with van der Waals surface area (Å²) in [6.07, 6.45) is -0.567. The van der Waals surface area contributed by atoms with Crippen molar-refractivity contribution in [3.8, 4) is 11.3 Å². The number of aromatic nitrogens is 1. The molecule has 0 saturated heterocycles. The second kappa shape index (κ2) is 5.65. The SMILES string of the molecule is CC(C)(C)OC(=O)Nc1ccc(Cl)cc1-c1cc(N)on1. The van der Waals surface area contributed by atoms with Gasteiger partial charge in [-0.15, -0.1) is 0 Å². The van der Waals surface area contributed by atoms with E-state index in [4.69, 9.17) is 26.6 Å². The molecule has 0 aliphatic heterocycles. The van der Waals surface area contributed by atoms with Crippen molar-refractivity contribution in [1.82, 2.24) is 5.16 Å². The topological polar surface area (TPSA) is 90.4 Å². The highest BCUT2D eigenvalue weighted by atomic mass is 35.5. The van der Waals surface area contributed by atoms with E-state index < -0.39 is 11.7 Å². The minimum Gasteiger partial charge on any atom is -0.444 e. The van der Waals surface area contributed by atoms with Crippen molar-refractivity contribution in [3.05, 3.63) is 29.3 Å². The minimum atomic E-state index is -0.588. The van der Waals surface area contributed by atoms with Crippen LogP contribution in [0.4, 0.5) is 16.4 Å². The van der Waals surface area contributed by atoms with Crippen molar-refractivity contribution >= 4 is 29.3 Å². The van der Waals surface area contributed by atoms with Gasteiger partial charge in [-0.25, -0.2) is 4.79 Å². The molecule has 0 atom stereocenters. The number of nitrogen functional groups attached to an aromatic ring is 1. The van der Waals surface area contributed by atoms with E-state index in [0.717, 1.165) is 0 Å². The molecule has 0 aliphatic rings. The maximum Gasteiger partial charge on any atom is 0.412 e. The van der Waals surface area contributed by atoms with Crippen LogP contribution in [0.5, 0.6) is 0 Å². The number of ether oxygens (including phenoxy) is 1. The van der Waals surface area contributed by atoms with Gasteiger partial charge in [0.25, 0.3) is 0 Å². The number of anilines is 2. The molecule has 1 aromatic heterocycles. The Hall–Kier alpha value is -2.21. The second-order valence-corrected chi connectivity index (χ2v) is 5.87. The van der Waals surface area contributed by atoms with Gasteiger partial charge in [0.1, 0.15) is 11.3 Å². The lowest BCUT2D eigenvalue weighted by molar-refractivity contribution is 0.0636. The van der Waals surface area contributed by atoms with Gasteiger partial charge in [0.15, 0.2) is 0 Å². The van der Waals surface area contributed by atoms with Crippen LogP contribution in [0.1, 0.15) is 20.8 Å². The summed E-state index contributed by atoms with van der Waals surface area (Å²) in [6.45, 7) is 5.36. The van der Waals surface area contributed by atoms with Gasteiger partial charge in [0.2, 0.25) is 5.88 Å². The smallest absolute Gasteiger partial charge is 0.412 e. The first-order valence-corrected chi connectivity index (χ1v) is 6.64. The van der Waals surface area contributed by atoms with Crippen LogP contribution in [-0.4, -0.2) is 16.9 Å². The molecule has 1 aromatic carbocycles. The largest absolute Gasteiger partial charge is 0.444 e. The number of hydrogen-bond donors (Lipinski definition) is 2. The van der Waals surface area contributed by atoms with E-state index in [2.05, 4.69) is 10.5 Å². The van der Waals surface area contributed by atoms with Gasteiger partial charge >= 0.3 is 6.09 Å². The molecule has 21 heavy (non-hydrogen) atoms. The highest BCUT2D eigenvalue weighted by Gasteiger charge is 2.18. The molecule has 0 spiro atoms. The fourth-order valence-corrected chi connectivity index (χ4v) is 1.84. The number of carbonyl (C=O) groups is 1. The predicted octanol–water partition coefficient (Wildman–Crippen LogP) is 3.92. The lowest BCUT2D eigenvalue weighted by Gasteiger charge is -2.20. The van der Waals surface area contributed by atoms with Crippen LogP contribution in [0, 0.1) is 0 Å². The first-order chi connectivity index (χ1) is 9.74. The predicted molar refractivity (Wildman–Crippen MR) is 81.2 cm³/mol. The molecule has 1 heterocycles. The van der Waals surface area contributed by atoms with Crippen LogP contribution in [-0.2, 0) is 4.74 Å². The molecule has 6 nitrogen and oxygen atoms in total. The molecule has 0 aliphatic carbocycles. The molecule has 0 saturated carbocycles. The Morgan fingerprint density at radius 1 is 1.38 bits per heavy atom. The van der Waals surface area contributed by atoms with Gasteiger partial charge < -0.3 is 15.0 Å². The highest BCUT2D eigenvalue weighted by Crippen LogP contribution is 2.31. The molecule has 112 valence electrons. The zero-order valence-electron chi connectivity index (χ0n) is 11.9. The molecule has 7 heteroatoms. The summed E-state index contributed by atoms with van der Waals surface area (Å²) in [7, 11) is 0. The Morgan fingerprint density at radius 2 is 2.10 bits per heavy atom. The molecule has 0 radical (unpaired) electrons. The number of carbonyl (C=O) groups excluding carboxylic acids is 1. The maximum absolute atomic E-state index is 11.9. The minimum absolute atomic E-state index is 0.174. The van der Waals surface area contributed by atoms with Gasteiger partial charge in [-0.1, -0.05) is 16.8 Å². The number of nitrogens with zero attached hydrogens (tertiary/aromatic N) is 1. The van der Waals surface area contributed by atoms with Crippen molar-refractivity contribution in [1.29, 1.82) is 0 Å². The van der Waals surface area contributed by atoms with Crippen molar-refractivity contribution in [2.45, 2.75) is 26.4 Å². The van der Waals surface area contributed by atoms with E-state index in [1.54, 1.807) is 45.0 Å². The number of amides is 1. The highest BCUT2D eigenvalue weighted by molar-refractivity contribution is 6.31. The first-order valence-electron chi connectivity index (χ1n) is 6.27. The zero-order chi connectivity index (χ0) is 15.6. The zero-order valence-corrected chi connectivity index (χ0v) is 12.7. The lowest BCUT2D eigenvalue weighted by atomic mass is 10.1. The van der Waals surface area contributed by atoms with Gasteiger partial charge in [0.05, 0.1) is 5.69 Å². The summed E-state index contributed by atoms with van der Waals surface area (Å²) >= 11 is 5.98. The molecule has 1 amide bonds. The van der Waals surface area contributed by atoms with E-state index >= 15 is 0 Å². The molecule has 2 aromatic rings. The van der Waals surface area contributed by atoms with E-state index in [1.165, 1.54) is 0 Å². The average Bonchev–Trinajstić information content (AvgIpc) is 2.75. The quantitative estimate of drug-likeness (QED) is 0.877. The molecule has 3 N–H and O–H groups in total. The maximum atomic E-state index is 11.9. The second-order valence-electron chi connectivity index (χ2n) is 5.43. The van der Waals surface area contributed by atoms with E-state index in [-0.39, 0.29) is 5.88 Å². The van der Waals surface area contributed by atoms with Crippen LogP contribution in [0.2, 0.25) is 5.02 Å². The van der Waals surface area contributed by atoms with Gasteiger partial charge in [-0.3, -0.25) is 5.32 Å². The third-order valence-electron chi connectivity index (χ3n) is 2.42. The molecule has 0 unspecified atom stereocenters. The number of rotatable bonds is 2. The average molecular weight is 310 g/mol. The monoisotopic (exact) mass is 309 g/mol. The summed E-state index contributed by atoms with van der Waals surface area (Å²) in [5.41, 5.74) is 6.49.